The fraction of sp³-hybridized carbons (Fsp3) is 1.00. The van der Waals surface area contributed by atoms with Crippen molar-refractivity contribution in [3.05, 3.63) is 0 Å². The van der Waals surface area contributed by atoms with E-state index < -0.39 is 0 Å². The van der Waals surface area contributed by atoms with Crippen molar-refractivity contribution in [2.75, 3.05) is 26.3 Å². The highest BCUT2D eigenvalue weighted by atomic mass is 16.3. The fourth-order valence-corrected chi connectivity index (χ4v) is 1.38. The molecule has 0 aliphatic rings. The molecule has 0 fully saturated rings. The van der Waals surface area contributed by atoms with E-state index in [0.29, 0.717) is 0 Å². The van der Waals surface area contributed by atoms with E-state index in [2.05, 4.69) is 24.5 Å². The lowest BCUT2D eigenvalue weighted by molar-refractivity contribution is 0.233. The summed E-state index contributed by atoms with van der Waals surface area (Å²) in [5, 5.41) is 24.4. The molecule has 15 heavy (non-hydrogen) atoms. The van der Waals surface area contributed by atoms with Crippen molar-refractivity contribution in [3.63, 3.8) is 0 Å². The lowest BCUT2D eigenvalue weighted by Crippen LogP contribution is -2.36. The molecule has 0 bridgehead atoms. The Kier molecular flexibility index (Phi) is 10.3. The van der Waals surface area contributed by atoms with Crippen LogP contribution in [0.2, 0.25) is 0 Å². The highest BCUT2D eigenvalue weighted by Gasteiger charge is 2.04. The van der Waals surface area contributed by atoms with E-state index in [9.17, 15) is 0 Å². The van der Waals surface area contributed by atoms with Crippen LogP contribution in [-0.4, -0.2) is 48.6 Å². The van der Waals surface area contributed by atoms with Crippen LogP contribution in [0.25, 0.3) is 0 Å². The van der Waals surface area contributed by atoms with Gasteiger partial charge in [0.05, 0.1) is 13.2 Å². The Morgan fingerprint density at radius 3 is 1.53 bits per heavy atom. The van der Waals surface area contributed by atoms with Crippen molar-refractivity contribution < 1.29 is 10.2 Å². The molecule has 0 spiro atoms. The summed E-state index contributed by atoms with van der Waals surface area (Å²) in [5.41, 5.74) is 0. The molecule has 0 amide bonds. The molecule has 0 radical (unpaired) electrons. The number of aliphatic hydroxyl groups is 2. The molecule has 0 rings (SSSR count). The Balaban J connectivity index is 3.30. The van der Waals surface area contributed by atoms with Gasteiger partial charge in [0.1, 0.15) is 0 Å². The van der Waals surface area contributed by atoms with Crippen molar-refractivity contribution in [2.24, 2.45) is 0 Å². The molecule has 4 heteroatoms. The van der Waals surface area contributed by atoms with Gasteiger partial charge >= 0.3 is 0 Å². The van der Waals surface area contributed by atoms with Crippen molar-refractivity contribution in [1.82, 2.24) is 10.6 Å². The number of hydrogen-bond donors (Lipinski definition) is 4. The SMILES string of the molecule is CC[C@H](CO)NCCCN[C@@H](CC)CO. The minimum atomic E-state index is 0.207. The van der Waals surface area contributed by atoms with Crippen molar-refractivity contribution >= 4 is 0 Å². The van der Waals surface area contributed by atoms with Gasteiger partial charge in [0, 0.05) is 12.1 Å². The molecule has 0 saturated carbocycles. The summed E-state index contributed by atoms with van der Waals surface area (Å²) in [5.74, 6) is 0. The van der Waals surface area contributed by atoms with Gasteiger partial charge in [-0.25, -0.2) is 0 Å². The zero-order valence-corrected chi connectivity index (χ0v) is 10.00. The Bertz CT molecular complexity index is 112. The molecular weight excluding hydrogens is 192 g/mol. The number of nitrogens with one attached hydrogen (secondary N) is 2. The predicted molar refractivity (Wildman–Crippen MR) is 63.0 cm³/mol. The maximum absolute atomic E-state index is 8.94. The third kappa shape index (κ3) is 7.73. The van der Waals surface area contributed by atoms with Gasteiger partial charge in [-0.2, -0.15) is 0 Å². The summed E-state index contributed by atoms with van der Waals surface area (Å²) in [4.78, 5) is 0. The van der Waals surface area contributed by atoms with Gasteiger partial charge in [-0.05, 0) is 32.4 Å². The number of hydrogen-bond acceptors (Lipinski definition) is 4. The first-order valence-corrected chi connectivity index (χ1v) is 5.96. The van der Waals surface area contributed by atoms with E-state index in [0.717, 1.165) is 32.4 Å². The molecule has 4 nitrogen and oxygen atoms in total. The zero-order chi connectivity index (χ0) is 11.5. The quantitative estimate of drug-likeness (QED) is 0.393. The summed E-state index contributed by atoms with van der Waals surface area (Å²) in [6.45, 7) is 6.36. The lowest BCUT2D eigenvalue weighted by atomic mass is 10.2. The topological polar surface area (TPSA) is 64.5 Å². The maximum Gasteiger partial charge on any atom is 0.0584 e. The van der Waals surface area contributed by atoms with Crippen LogP contribution < -0.4 is 10.6 Å². The second-order valence-electron chi connectivity index (χ2n) is 3.84. The Hall–Kier alpha value is -0.160. The van der Waals surface area contributed by atoms with Crippen LogP contribution in [-0.2, 0) is 0 Å². The van der Waals surface area contributed by atoms with Gasteiger partial charge in [-0.15, -0.1) is 0 Å². The monoisotopic (exact) mass is 218 g/mol. The standard InChI is InChI=1S/C11H26N2O2/c1-3-10(8-14)12-6-5-7-13-11(4-2)9-15/h10-15H,3-9H2,1-2H3/t10-,11+. The summed E-state index contributed by atoms with van der Waals surface area (Å²) in [6.07, 6.45) is 2.93. The minimum absolute atomic E-state index is 0.207. The first-order valence-electron chi connectivity index (χ1n) is 5.96. The third-order valence-corrected chi connectivity index (χ3v) is 2.65. The van der Waals surface area contributed by atoms with E-state index in [-0.39, 0.29) is 25.3 Å². The van der Waals surface area contributed by atoms with E-state index in [1.807, 2.05) is 0 Å². The van der Waals surface area contributed by atoms with Crippen molar-refractivity contribution in [3.8, 4) is 0 Å². The molecule has 0 unspecified atom stereocenters. The zero-order valence-electron chi connectivity index (χ0n) is 10.00. The summed E-state index contributed by atoms with van der Waals surface area (Å²) >= 11 is 0. The number of aliphatic hydroxyl groups excluding tert-OH is 2. The molecule has 0 saturated heterocycles. The first-order chi connectivity index (χ1) is 7.28. The second-order valence-corrected chi connectivity index (χ2v) is 3.84. The molecule has 4 N–H and O–H groups in total. The third-order valence-electron chi connectivity index (χ3n) is 2.65. The smallest absolute Gasteiger partial charge is 0.0584 e. The molecule has 0 aliphatic heterocycles. The molecule has 92 valence electrons. The van der Waals surface area contributed by atoms with Gasteiger partial charge in [-0.1, -0.05) is 13.8 Å². The molecule has 0 aromatic rings. The number of rotatable bonds is 10. The molecule has 0 heterocycles. The lowest BCUT2D eigenvalue weighted by Gasteiger charge is -2.16. The van der Waals surface area contributed by atoms with E-state index in [4.69, 9.17) is 10.2 Å². The van der Waals surface area contributed by atoms with Gasteiger partial charge in [0.2, 0.25) is 0 Å². The van der Waals surface area contributed by atoms with Crippen LogP contribution in [0.15, 0.2) is 0 Å². The van der Waals surface area contributed by atoms with Gasteiger partial charge < -0.3 is 20.8 Å². The molecule has 0 aromatic heterocycles. The van der Waals surface area contributed by atoms with Crippen LogP contribution in [0.1, 0.15) is 33.1 Å². The van der Waals surface area contributed by atoms with Crippen LogP contribution in [0.3, 0.4) is 0 Å². The Labute approximate surface area is 93.1 Å². The van der Waals surface area contributed by atoms with Crippen molar-refractivity contribution in [1.29, 1.82) is 0 Å². The Morgan fingerprint density at radius 1 is 0.867 bits per heavy atom. The van der Waals surface area contributed by atoms with Crippen LogP contribution in [0.4, 0.5) is 0 Å². The van der Waals surface area contributed by atoms with Crippen molar-refractivity contribution in [2.45, 2.75) is 45.2 Å². The average molecular weight is 218 g/mol. The Morgan fingerprint density at radius 2 is 1.27 bits per heavy atom. The first kappa shape index (κ1) is 14.8. The molecule has 2 atom stereocenters. The van der Waals surface area contributed by atoms with Crippen LogP contribution in [0.5, 0.6) is 0 Å². The normalized spacial score (nSPS) is 15.2. The highest BCUT2D eigenvalue weighted by molar-refractivity contribution is 4.65. The van der Waals surface area contributed by atoms with E-state index in [1.165, 1.54) is 0 Å². The largest absolute Gasteiger partial charge is 0.395 e. The predicted octanol–water partition coefficient (Wildman–Crippen LogP) is 0.0975. The van der Waals surface area contributed by atoms with E-state index in [1.54, 1.807) is 0 Å². The fourth-order valence-electron chi connectivity index (χ4n) is 1.38. The van der Waals surface area contributed by atoms with Crippen LogP contribution in [0, 0.1) is 0 Å². The molecule has 0 aromatic carbocycles. The van der Waals surface area contributed by atoms with E-state index >= 15 is 0 Å². The van der Waals surface area contributed by atoms with Gasteiger partial charge in [-0.3, -0.25) is 0 Å². The van der Waals surface area contributed by atoms with Crippen LogP contribution >= 0.6 is 0 Å². The highest BCUT2D eigenvalue weighted by Crippen LogP contribution is 1.91. The second kappa shape index (κ2) is 10.4. The summed E-state index contributed by atoms with van der Waals surface area (Å²) < 4.78 is 0. The molecular formula is C11H26N2O2. The molecule has 0 aliphatic carbocycles. The average Bonchev–Trinajstić information content (AvgIpc) is 2.29. The summed E-state index contributed by atoms with van der Waals surface area (Å²) in [6, 6.07) is 0.453. The van der Waals surface area contributed by atoms with Gasteiger partial charge in [0.25, 0.3) is 0 Å². The maximum atomic E-state index is 8.94. The summed E-state index contributed by atoms with van der Waals surface area (Å²) in [7, 11) is 0. The minimum Gasteiger partial charge on any atom is -0.395 e. The van der Waals surface area contributed by atoms with Gasteiger partial charge in [0.15, 0.2) is 0 Å².